The molecule has 0 spiro atoms. The number of benzene rings is 1. The van der Waals surface area contributed by atoms with Crippen molar-refractivity contribution in [2.24, 2.45) is 0 Å². The van der Waals surface area contributed by atoms with E-state index in [1.807, 2.05) is 0 Å². The number of hydrogen-bond donors (Lipinski definition) is 2. The van der Waals surface area contributed by atoms with E-state index in [0.29, 0.717) is 25.3 Å². The largest absolute Gasteiger partial charge is 0.478 e. The summed E-state index contributed by atoms with van der Waals surface area (Å²) in [5.74, 6) is -0.875. The second-order valence-corrected chi connectivity index (χ2v) is 4.09. The van der Waals surface area contributed by atoms with Crippen molar-refractivity contribution in [3.63, 3.8) is 0 Å². The summed E-state index contributed by atoms with van der Waals surface area (Å²) in [5.41, 5.74) is 5.73. The lowest BCUT2D eigenvalue weighted by atomic mass is 10.3. The Morgan fingerprint density at radius 1 is 1.53 bits per heavy atom. The molecule has 0 fully saturated rings. The second kappa shape index (κ2) is 7.58. The van der Waals surface area contributed by atoms with Gasteiger partial charge in [0, 0.05) is 32.0 Å². The zero-order valence-corrected chi connectivity index (χ0v) is 11.1. The SMILES string of the molecule is COCCCNC(=O)C(C)Oc1ccc(N)cc1F. The van der Waals surface area contributed by atoms with Gasteiger partial charge in [0.2, 0.25) is 0 Å². The molecule has 0 aromatic heterocycles. The zero-order chi connectivity index (χ0) is 14.3. The first kappa shape index (κ1) is 15.2. The lowest BCUT2D eigenvalue weighted by Crippen LogP contribution is -2.37. The number of nitrogen functional groups attached to an aromatic ring is 1. The molecule has 19 heavy (non-hydrogen) atoms. The molecule has 0 aliphatic heterocycles. The fourth-order valence-corrected chi connectivity index (χ4v) is 1.43. The molecule has 0 heterocycles. The molecule has 1 atom stereocenters. The number of rotatable bonds is 7. The average molecular weight is 270 g/mol. The summed E-state index contributed by atoms with van der Waals surface area (Å²) in [5, 5.41) is 2.68. The van der Waals surface area contributed by atoms with Gasteiger partial charge in [-0.2, -0.15) is 0 Å². The van der Waals surface area contributed by atoms with Crippen molar-refractivity contribution < 1.29 is 18.7 Å². The average Bonchev–Trinajstić information content (AvgIpc) is 2.37. The molecule has 0 bridgehead atoms. The highest BCUT2D eigenvalue weighted by Crippen LogP contribution is 2.20. The van der Waals surface area contributed by atoms with Gasteiger partial charge in [0.1, 0.15) is 0 Å². The molecule has 1 amide bonds. The Bertz CT molecular complexity index is 426. The van der Waals surface area contributed by atoms with E-state index in [1.54, 1.807) is 14.0 Å². The van der Waals surface area contributed by atoms with E-state index in [2.05, 4.69) is 5.32 Å². The Morgan fingerprint density at radius 3 is 2.89 bits per heavy atom. The van der Waals surface area contributed by atoms with Crippen LogP contribution in [0.1, 0.15) is 13.3 Å². The van der Waals surface area contributed by atoms with Crippen LogP contribution in [0.2, 0.25) is 0 Å². The van der Waals surface area contributed by atoms with Crippen LogP contribution in [-0.4, -0.2) is 32.3 Å². The van der Waals surface area contributed by atoms with Crippen LogP contribution in [0.15, 0.2) is 18.2 Å². The number of carbonyl (C=O) groups excluding carboxylic acids is 1. The Morgan fingerprint density at radius 2 is 2.26 bits per heavy atom. The minimum atomic E-state index is -0.777. The summed E-state index contributed by atoms with van der Waals surface area (Å²) in [7, 11) is 1.59. The van der Waals surface area contributed by atoms with Crippen LogP contribution in [0, 0.1) is 5.82 Å². The molecule has 0 saturated heterocycles. The van der Waals surface area contributed by atoms with Crippen LogP contribution in [-0.2, 0) is 9.53 Å². The first-order valence-electron chi connectivity index (χ1n) is 6.03. The van der Waals surface area contributed by atoms with Gasteiger partial charge in [0.15, 0.2) is 17.7 Å². The van der Waals surface area contributed by atoms with Gasteiger partial charge in [-0.1, -0.05) is 0 Å². The van der Waals surface area contributed by atoms with Gasteiger partial charge >= 0.3 is 0 Å². The minimum Gasteiger partial charge on any atom is -0.478 e. The number of amides is 1. The molecule has 0 radical (unpaired) electrons. The topological polar surface area (TPSA) is 73.6 Å². The number of hydrogen-bond acceptors (Lipinski definition) is 4. The van der Waals surface area contributed by atoms with Crippen molar-refractivity contribution in [1.29, 1.82) is 0 Å². The molecule has 1 unspecified atom stereocenters. The normalized spacial score (nSPS) is 11.9. The van der Waals surface area contributed by atoms with Crippen molar-refractivity contribution in [2.45, 2.75) is 19.4 Å². The summed E-state index contributed by atoms with van der Waals surface area (Å²) in [6.07, 6.45) is -0.0637. The molecule has 5 nitrogen and oxygen atoms in total. The van der Waals surface area contributed by atoms with Crippen LogP contribution >= 0.6 is 0 Å². The van der Waals surface area contributed by atoms with E-state index in [4.69, 9.17) is 15.2 Å². The summed E-state index contributed by atoms with van der Waals surface area (Å²) in [6.45, 7) is 2.62. The number of carbonyl (C=O) groups is 1. The van der Waals surface area contributed by atoms with Crippen LogP contribution in [0.3, 0.4) is 0 Å². The highest BCUT2D eigenvalue weighted by Gasteiger charge is 2.16. The van der Waals surface area contributed by atoms with E-state index in [1.165, 1.54) is 12.1 Å². The van der Waals surface area contributed by atoms with Gasteiger partial charge in [-0.05, 0) is 25.5 Å². The third kappa shape index (κ3) is 5.13. The number of methoxy groups -OCH3 is 1. The number of halogens is 1. The fourth-order valence-electron chi connectivity index (χ4n) is 1.43. The lowest BCUT2D eigenvalue weighted by molar-refractivity contribution is -0.127. The standard InChI is InChI=1S/C13H19FN2O3/c1-9(13(17)16-6-3-7-18-2)19-12-5-4-10(15)8-11(12)14/h4-5,8-9H,3,6-7,15H2,1-2H3,(H,16,17). The van der Waals surface area contributed by atoms with Crippen molar-refractivity contribution in [2.75, 3.05) is 26.0 Å². The summed E-state index contributed by atoms with van der Waals surface area (Å²) in [4.78, 5) is 11.7. The quantitative estimate of drug-likeness (QED) is 0.579. The Hall–Kier alpha value is -1.82. The molecule has 1 rings (SSSR count). The van der Waals surface area contributed by atoms with E-state index < -0.39 is 11.9 Å². The van der Waals surface area contributed by atoms with E-state index in [0.717, 1.165) is 6.07 Å². The molecule has 6 heteroatoms. The maximum Gasteiger partial charge on any atom is 0.260 e. The lowest BCUT2D eigenvalue weighted by Gasteiger charge is -2.15. The molecule has 0 saturated carbocycles. The molecular weight excluding hydrogens is 251 g/mol. The molecule has 1 aromatic carbocycles. The monoisotopic (exact) mass is 270 g/mol. The number of nitrogens with two attached hydrogens (primary N) is 1. The van der Waals surface area contributed by atoms with Crippen LogP contribution in [0.4, 0.5) is 10.1 Å². The Balaban J connectivity index is 2.45. The summed E-state index contributed by atoms with van der Waals surface area (Å²) in [6, 6.07) is 4.07. The first-order valence-corrected chi connectivity index (χ1v) is 6.03. The predicted octanol–water partition coefficient (Wildman–Crippen LogP) is 1.33. The van der Waals surface area contributed by atoms with Crippen LogP contribution in [0.5, 0.6) is 5.75 Å². The van der Waals surface area contributed by atoms with Crippen molar-refractivity contribution in [3.8, 4) is 5.75 Å². The summed E-state index contributed by atoms with van der Waals surface area (Å²) >= 11 is 0. The van der Waals surface area contributed by atoms with Gasteiger partial charge in [-0.25, -0.2) is 4.39 Å². The number of ether oxygens (including phenoxy) is 2. The molecule has 106 valence electrons. The highest BCUT2D eigenvalue weighted by molar-refractivity contribution is 5.80. The highest BCUT2D eigenvalue weighted by atomic mass is 19.1. The van der Waals surface area contributed by atoms with Gasteiger partial charge in [-0.15, -0.1) is 0 Å². The van der Waals surface area contributed by atoms with Gasteiger partial charge in [0.25, 0.3) is 5.91 Å². The number of nitrogens with one attached hydrogen (secondary N) is 1. The molecule has 0 aliphatic carbocycles. The van der Waals surface area contributed by atoms with Crippen molar-refractivity contribution in [3.05, 3.63) is 24.0 Å². The Labute approximate surface area is 111 Å². The molecular formula is C13H19FN2O3. The predicted molar refractivity (Wildman–Crippen MR) is 70.4 cm³/mol. The van der Waals surface area contributed by atoms with Gasteiger partial charge in [-0.3, -0.25) is 4.79 Å². The smallest absolute Gasteiger partial charge is 0.260 e. The van der Waals surface area contributed by atoms with Crippen LogP contribution in [0.25, 0.3) is 0 Å². The molecule has 3 N–H and O–H groups in total. The number of anilines is 1. The molecule has 1 aromatic rings. The van der Waals surface area contributed by atoms with Gasteiger partial charge < -0.3 is 20.5 Å². The van der Waals surface area contributed by atoms with Gasteiger partial charge in [0.05, 0.1) is 0 Å². The van der Waals surface area contributed by atoms with Crippen molar-refractivity contribution in [1.82, 2.24) is 5.32 Å². The zero-order valence-electron chi connectivity index (χ0n) is 11.1. The maximum absolute atomic E-state index is 13.5. The van der Waals surface area contributed by atoms with Crippen LogP contribution < -0.4 is 15.8 Å². The summed E-state index contributed by atoms with van der Waals surface area (Å²) < 4.78 is 23.6. The third-order valence-electron chi connectivity index (χ3n) is 2.45. The molecule has 0 aliphatic rings. The third-order valence-corrected chi connectivity index (χ3v) is 2.45. The maximum atomic E-state index is 13.5. The minimum absolute atomic E-state index is 0.00809. The second-order valence-electron chi connectivity index (χ2n) is 4.09. The van der Waals surface area contributed by atoms with E-state index in [9.17, 15) is 9.18 Å². The fraction of sp³-hybridized carbons (Fsp3) is 0.462. The van der Waals surface area contributed by atoms with E-state index >= 15 is 0 Å². The Kier molecular flexibility index (Phi) is 6.08. The van der Waals surface area contributed by atoms with Crippen molar-refractivity contribution >= 4 is 11.6 Å². The first-order chi connectivity index (χ1) is 9.04. The van der Waals surface area contributed by atoms with E-state index in [-0.39, 0.29) is 11.7 Å².